The summed E-state index contributed by atoms with van der Waals surface area (Å²) in [7, 11) is 0. The Morgan fingerprint density at radius 3 is 3.18 bits per heavy atom. The first-order chi connectivity index (χ1) is 10.5. The zero-order valence-corrected chi connectivity index (χ0v) is 14.2. The average molecular weight is 362 g/mol. The van der Waals surface area contributed by atoms with E-state index in [1.807, 2.05) is 25.1 Å². The minimum Gasteiger partial charge on any atom is -0.309 e. The molecule has 1 saturated carbocycles. The maximum absolute atomic E-state index is 12.4. The van der Waals surface area contributed by atoms with E-state index in [-0.39, 0.29) is 17.4 Å². The summed E-state index contributed by atoms with van der Waals surface area (Å²) >= 11 is 3.33. The molecule has 1 aliphatic heterocycles. The van der Waals surface area contributed by atoms with Crippen LogP contribution in [-0.4, -0.2) is 23.0 Å². The normalized spacial score (nSPS) is 29.4. The van der Waals surface area contributed by atoms with Crippen molar-refractivity contribution < 1.29 is 4.79 Å². The zero-order valence-electron chi connectivity index (χ0n) is 12.6. The van der Waals surface area contributed by atoms with Gasteiger partial charge in [-0.1, -0.05) is 24.3 Å². The third-order valence-electron chi connectivity index (χ3n) is 4.48. The molecule has 1 saturated heterocycles. The fourth-order valence-corrected chi connectivity index (χ4v) is 3.42. The second-order valence-electron chi connectivity index (χ2n) is 6.13. The molecule has 0 bridgehead atoms. The lowest BCUT2D eigenvalue weighted by Gasteiger charge is -2.15. The number of hydrogen-bond donors (Lipinski definition) is 2. The standard InChI is InChI=1S/C17H20BrN3O/c1-3-4-5-8-17-9-12(19-13(17)10-17)16(22)21-15-11(2)6-7-14(18)20-15/h3,5-8,12-13,19H,1,4,9-10H2,2H3,(H,20,21,22)/t12-,13+,17-/m0/s1. The maximum atomic E-state index is 12.4. The van der Waals surface area contributed by atoms with E-state index in [0.717, 1.165) is 29.4 Å². The topological polar surface area (TPSA) is 54.0 Å². The first kappa shape index (κ1) is 15.4. The number of pyridine rings is 1. The molecule has 1 aromatic rings. The Balaban J connectivity index is 1.63. The van der Waals surface area contributed by atoms with Gasteiger partial charge in [-0.2, -0.15) is 0 Å². The highest BCUT2D eigenvalue weighted by molar-refractivity contribution is 9.10. The monoisotopic (exact) mass is 361 g/mol. The fourth-order valence-electron chi connectivity index (χ4n) is 3.11. The van der Waals surface area contributed by atoms with E-state index in [1.54, 1.807) is 0 Å². The second kappa shape index (κ2) is 5.97. The van der Waals surface area contributed by atoms with Gasteiger partial charge in [-0.15, -0.1) is 6.58 Å². The van der Waals surface area contributed by atoms with Crippen molar-refractivity contribution in [2.75, 3.05) is 5.32 Å². The number of fused-ring (bicyclic) bond motifs is 1. The molecule has 0 unspecified atom stereocenters. The summed E-state index contributed by atoms with van der Waals surface area (Å²) in [6.45, 7) is 5.66. The number of amides is 1. The van der Waals surface area contributed by atoms with Gasteiger partial charge in [0.05, 0.1) is 6.04 Å². The summed E-state index contributed by atoms with van der Waals surface area (Å²) in [6, 6.07) is 4.09. The van der Waals surface area contributed by atoms with Gasteiger partial charge in [-0.05, 0) is 53.7 Å². The number of anilines is 1. The van der Waals surface area contributed by atoms with Gasteiger partial charge in [-0.3, -0.25) is 4.79 Å². The van der Waals surface area contributed by atoms with Crippen LogP contribution in [0.25, 0.3) is 0 Å². The zero-order chi connectivity index (χ0) is 15.7. The molecule has 116 valence electrons. The van der Waals surface area contributed by atoms with Crippen molar-refractivity contribution in [1.29, 1.82) is 0 Å². The van der Waals surface area contributed by atoms with Gasteiger partial charge < -0.3 is 10.6 Å². The number of hydrogen-bond acceptors (Lipinski definition) is 3. The van der Waals surface area contributed by atoms with Crippen LogP contribution >= 0.6 is 15.9 Å². The van der Waals surface area contributed by atoms with Crippen molar-refractivity contribution in [2.24, 2.45) is 5.41 Å². The number of aromatic nitrogens is 1. The van der Waals surface area contributed by atoms with E-state index >= 15 is 0 Å². The Kier molecular flexibility index (Phi) is 4.19. The molecule has 2 N–H and O–H groups in total. The largest absolute Gasteiger partial charge is 0.309 e. The minimum atomic E-state index is -0.146. The number of halogens is 1. The summed E-state index contributed by atoms with van der Waals surface area (Å²) in [6.07, 6.45) is 9.14. The van der Waals surface area contributed by atoms with Gasteiger partial charge in [0.25, 0.3) is 0 Å². The first-order valence-corrected chi connectivity index (χ1v) is 8.32. The smallest absolute Gasteiger partial charge is 0.242 e. The first-order valence-electron chi connectivity index (χ1n) is 7.53. The molecule has 1 aliphatic carbocycles. The van der Waals surface area contributed by atoms with Gasteiger partial charge in [0, 0.05) is 11.5 Å². The van der Waals surface area contributed by atoms with Crippen LogP contribution in [0.3, 0.4) is 0 Å². The Bertz CT molecular complexity index is 643. The summed E-state index contributed by atoms with van der Waals surface area (Å²) in [5.41, 5.74) is 1.13. The highest BCUT2D eigenvalue weighted by atomic mass is 79.9. The number of carbonyl (C=O) groups is 1. The minimum absolute atomic E-state index is 0.00241. The van der Waals surface area contributed by atoms with Gasteiger partial charge in [0.2, 0.25) is 5.91 Å². The van der Waals surface area contributed by atoms with Crippen molar-refractivity contribution in [3.63, 3.8) is 0 Å². The summed E-state index contributed by atoms with van der Waals surface area (Å²) in [5.74, 6) is 0.621. The molecule has 4 nitrogen and oxygen atoms in total. The fraction of sp³-hybridized carbons (Fsp3) is 0.412. The highest BCUT2D eigenvalue weighted by Gasteiger charge is 2.59. The Morgan fingerprint density at radius 2 is 2.41 bits per heavy atom. The molecule has 2 heterocycles. The Labute approximate surface area is 139 Å². The molecule has 3 atom stereocenters. The number of rotatable bonds is 5. The van der Waals surface area contributed by atoms with E-state index < -0.39 is 0 Å². The van der Waals surface area contributed by atoms with Gasteiger partial charge in [-0.25, -0.2) is 4.98 Å². The van der Waals surface area contributed by atoms with Crippen molar-refractivity contribution in [1.82, 2.24) is 10.3 Å². The van der Waals surface area contributed by atoms with Crippen LogP contribution in [0.1, 0.15) is 24.8 Å². The van der Waals surface area contributed by atoms with E-state index in [4.69, 9.17) is 0 Å². The van der Waals surface area contributed by atoms with Crippen molar-refractivity contribution in [3.8, 4) is 0 Å². The van der Waals surface area contributed by atoms with Crippen molar-refractivity contribution in [2.45, 2.75) is 38.3 Å². The summed E-state index contributed by atoms with van der Waals surface area (Å²) < 4.78 is 0.722. The molecule has 0 radical (unpaired) electrons. The Morgan fingerprint density at radius 1 is 1.59 bits per heavy atom. The molecule has 1 amide bonds. The second-order valence-corrected chi connectivity index (χ2v) is 6.94. The molecule has 3 rings (SSSR count). The molecular formula is C17H20BrN3O. The number of piperidine rings is 1. The summed E-state index contributed by atoms with van der Waals surface area (Å²) in [4.78, 5) is 16.8. The molecule has 1 aromatic heterocycles. The molecule has 2 fully saturated rings. The third-order valence-corrected chi connectivity index (χ3v) is 4.92. The Hall–Kier alpha value is -1.46. The molecule has 22 heavy (non-hydrogen) atoms. The van der Waals surface area contributed by atoms with Crippen molar-refractivity contribution >= 4 is 27.7 Å². The van der Waals surface area contributed by atoms with Crippen molar-refractivity contribution in [3.05, 3.63) is 47.1 Å². The van der Waals surface area contributed by atoms with Crippen LogP contribution in [-0.2, 0) is 4.79 Å². The lowest BCUT2D eigenvalue weighted by molar-refractivity contribution is -0.118. The van der Waals surface area contributed by atoms with Gasteiger partial charge >= 0.3 is 0 Å². The van der Waals surface area contributed by atoms with Crippen LogP contribution in [0.5, 0.6) is 0 Å². The number of aryl methyl sites for hydroxylation is 1. The predicted octanol–water partition coefficient (Wildman–Crippen LogP) is 3.34. The number of carbonyl (C=O) groups excluding carboxylic acids is 1. The van der Waals surface area contributed by atoms with E-state index in [9.17, 15) is 4.79 Å². The lowest BCUT2D eigenvalue weighted by atomic mass is 9.98. The number of allylic oxidation sites excluding steroid dienone is 2. The van der Waals surface area contributed by atoms with Crippen LogP contribution < -0.4 is 10.6 Å². The maximum Gasteiger partial charge on any atom is 0.242 e. The number of nitrogens with one attached hydrogen (secondary N) is 2. The molecule has 5 heteroatoms. The van der Waals surface area contributed by atoms with Crippen LogP contribution in [0.15, 0.2) is 41.5 Å². The van der Waals surface area contributed by atoms with E-state index in [0.29, 0.717) is 11.9 Å². The van der Waals surface area contributed by atoms with Gasteiger partial charge in [0.1, 0.15) is 10.4 Å². The lowest BCUT2D eigenvalue weighted by Crippen LogP contribution is -2.38. The predicted molar refractivity (Wildman–Crippen MR) is 91.6 cm³/mol. The van der Waals surface area contributed by atoms with E-state index in [2.05, 4.69) is 50.3 Å². The third kappa shape index (κ3) is 3.01. The molecule has 0 spiro atoms. The van der Waals surface area contributed by atoms with Crippen LogP contribution in [0, 0.1) is 12.3 Å². The highest BCUT2D eigenvalue weighted by Crippen LogP contribution is 2.55. The molecule has 0 aromatic carbocycles. The van der Waals surface area contributed by atoms with Gasteiger partial charge in [0.15, 0.2) is 0 Å². The quantitative estimate of drug-likeness (QED) is 0.624. The SMILES string of the molecule is C=CCC=C[C@@]12C[C@@H](C(=O)Nc3nc(Br)ccc3C)N[C@@H]1C2. The van der Waals surface area contributed by atoms with Crippen LogP contribution in [0.2, 0.25) is 0 Å². The number of nitrogens with zero attached hydrogens (tertiary/aromatic N) is 1. The molecular weight excluding hydrogens is 342 g/mol. The van der Waals surface area contributed by atoms with Crippen LogP contribution in [0.4, 0.5) is 5.82 Å². The molecule has 2 aliphatic rings. The summed E-state index contributed by atoms with van der Waals surface area (Å²) in [5, 5.41) is 6.36. The average Bonchev–Trinajstić information content (AvgIpc) is 3.04. The van der Waals surface area contributed by atoms with E-state index in [1.165, 1.54) is 0 Å².